The number of hydrogen-bond acceptors (Lipinski definition) is 5. The van der Waals surface area contributed by atoms with Crippen LogP contribution in [-0.4, -0.2) is 46.1 Å². The van der Waals surface area contributed by atoms with Crippen LogP contribution in [0.3, 0.4) is 0 Å². The maximum Gasteiger partial charge on any atom is 0.414 e. The standard InChI is InChI=1S/C17H22N2O5S/c1-12(20)18-10-16-11-19(17(21)24-16)15-4-2-13(3-5-15)14-6-8-25(22,23)9-7-14/h2-6,8,14,16,22-23H,7,9-11H2,1H3,(H,18,20)/t14?,16-/m0/s1. The highest BCUT2D eigenvalue weighted by Gasteiger charge is 2.32. The minimum absolute atomic E-state index is 0.145. The molecule has 136 valence electrons. The van der Waals surface area contributed by atoms with E-state index in [1.807, 2.05) is 30.3 Å². The summed E-state index contributed by atoms with van der Waals surface area (Å²) < 4.78 is 24.5. The van der Waals surface area contributed by atoms with Crippen molar-refractivity contribution in [2.75, 3.05) is 23.7 Å². The van der Waals surface area contributed by atoms with Crippen LogP contribution in [0.5, 0.6) is 0 Å². The van der Waals surface area contributed by atoms with E-state index in [0.717, 1.165) is 11.3 Å². The molecule has 2 aliphatic rings. The summed E-state index contributed by atoms with van der Waals surface area (Å²) in [5.41, 5.74) is 1.81. The Hall–Kier alpha value is -2.03. The van der Waals surface area contributed by atoms with E-state index in [1.54, 1.807) is 4.90 Å². The minimum Gasteiger partial charge on any atom is -0.442 e. The van der Waals surface area contributed by atoms with Gasteiger partial charge in [-0.2, -0.15) is 10.6 Å². The van der Waals surface area contributed by atoms with Gasteiger partial charge in [-0.3, -0.25) is 18.8 Å². The molecule has 1 fully saturated rings. The van der Waals surface area contributed by atoms with Gasteiger partial charge in [0.1, 0.15) is 6.10 Å². The van der Waals surface area contributed by atoms with Gasteiger partial charge in [-0.15, -0.1) is 0 Å². The van der Waals surface area contributed by atoms with Crippen molar-refractivity contribution < 1.29 is 23.4 Å². The summed E-state index contributed by atoms with van der Waals surface area (Å²) in [6.07, 6.45) is 1.74. The van der Waals surface area contributed by atoms with Gasteiger partial charge < -0.3 is 10.1 Å². The molecule has 3 N–H and O–H groups in total. The van der Waals surface area contributed by atoms with Gasteiger partial charge in [0.05, 0.1) is 13.1 Å². The second-order valence-electron chi connectivity index (χ2n) is 6.29. The summed E-state index contributed by atoms with van der Waals surface area (Å²) in [5, 5.41) is 4.15. The van der Waals surface area contributed by atoms with Gasteiger partial charge in [0, 0.05) is 29.7 Å². The monoisotopic (exact) mass is 366 g/mol. The zero-order chi connectivity index (χ0) is 18.0. The van der Waals surface area contributed by atoms with Crippen molar-refractivity contribution in [3.63, 3.8) is 0 Å². The SMILES string of the molecule is CC(=O)NC[C@H]1CN(c2ccc(C3C=CS(O)(O)CC3)cc2)C(=O)O1. The third kappa shape index (κ3) is 4.33. The van der Waals surface area contributed by atoms with Crippen molar-refractivity contribution in [2.45, 2.75) is 25.4 Å². The van der Waals surface area contributed by atoms with Gasteiger partial charge >= 0.3 is 6.09 Å². The summed E-state index contributed by atoms with van der Waals surface area (Å²) in [6, 6.07) is 7.60. The van der Waals surface area contributed by atoms with Gasteiger partial charge in [-0.1, -0.05) is 18.2 Å². The highest BCUT2D eigenvalue weighted by molar-refractivity contribution is 8.26. The molecular formula is C17H22N2O5S. The van der Waals surface area contributed by atoms with E-state index in [1.165, 1.54) is 12.3 Å². The average molecular weight is 366 g/mol. The second-order valence-corrected chi connectivity index (χ2v) is 8.41. The van der Waals surface area contributed by atoms with E-state index >= 15 is 0 Å². The third-order valence-electron chi connectivity index (χ3n) is 4.34. The molecule has 1 saturated heterocycles. The molecule has 0 aliphatic carbocycles. The smallest absolute Gasteiger partial charge is 0.414 e. The highest BCUT2D eigenvalue weighted by atomic mass is 32.3. The average Bonchev–Trinajstić information content (AvgIpc) is 2.94. The largest absolute Gasteiger partial charge is 0.442 e. The van der Waals surface area contributed by atoms with Crippen LogP contribution < -0.4 is 10.2 Å². The van der Waals surface area contributed by atoms with Gasteiger partial charge in [0.25, 0.3) is 0 Å². The quantitative estimate of drug-likeness (QED) is 0.761. The number of nitrogens with one attached hydrogen (secondary N) is 1. The Bertz CT molecular complexity index is 689. The Labute approximate surface area is 148 Å². The number of anilines is 1. The first-order valence-corrected chi connectivity index (χ1v) is 9.89. The first kappa shape index (κ1) is 17.8. The van der Waals surface area contributed by atoms with Gasteiger partial charge in [-0.05, 0) is 24.1 Å². The van der Waals surface area contributed by atoms with Crippen LogP contribution in [0.15, 0.2) is 35.7 Å². The summed E-state index contributed by atoms with van der Waals surface area (Å²) in [5.74, 6) is 0.363. The zero-order valence-corrected chi connectivity index (χ0v) is 14.7. The lowest BCUT2D eigenvalue weighted by molar-refractivity contribution is -0.119. The number of allylic oxidation sites excluding steroid dienone is 1. The molecule has 8 heteroatoms. The minimum atomic E-state index is -2.55. The Morgan fingerprint density at radius 2 is 2.08 bits per heavy atom. The molecule has 2 amide bonds. The molecule has 2 atom stereocenters. The number of carbonyl (C=O) groups excluding carboxylic acids is 2. The number of benzene rings is 1. The Balaban J connectivity index is 1.65. The second kappa shape index (κ2) is 7.07. The van der Waals surface area contributed by atoms with E-state index in [9.17, 15) is 18.7 Å². The lowest BCUT2D eigenvalue weighted by Gasteiger charge is -2.33. The van der Waals surface area contributed by atoms with Crippen LogP contribution in [0.4, 0.5) is 10.5 Å². The molecule has 0 bridgehead atoms. The number of cyclic esters (lactones) is 1. The first-order chi connectivity index (χ1) is 11.8. The summed E-state index contributed by atoms with van der Waals surface area (Å²) >= 11 is 0. The summed E-state index contributed by atoms with van der Waals surface area (Å²) in [4.78, 5) is 24.5. The van der Waals surface area contributed by atoms with E-state index < -0.39 is 16.7 Å². The van der Waals surface area contributed by atoms with E-state index in [-0.39, 0.29) is 17.9 Å². The lowest BCUT2D eigenvalue weighted by Crippen LogP contribution is -2.33. The van der Waals surface area contributed by atoms with Gasteiger partial charge in [0.2, 0.25) is 5.91 Å². The van der Waals surface area contributed by atoms with Crippen LogP contribution in [0, 0.1) is 0 Å². The van der Waals surface area contributed by atoms with Crippen molar-refractivity contribution in [1.29, 1.82) is 0 Å². The molecular weight excluding hydrogens is 344 g/mol. The normalized spacial score (nSPS) is 26.2. The Morgan fingerprint density at radius 1 is 1.36 bits per heavy atom. The van der Waals surface area contributed by atoms with Crippen molar-refractivity contribution >= 4 is 28.3 Å². The summed E-state index contributed by atoms with van der Waals surface area (Å²) in [7, 11) is -2.55. The molecule has 0 saturated carbocycles. The first-order valence-electron chi connectivity index (χ1n) is 8.11. The van der Waals surface area contributed by atoms with Crippen molar-refractivity contribution in [1.82, 2.24) is 5.32 Å². The van der Waals surface area contributed by atoms with E-state index in [4.69, 9.17) is 4.74 Å². The molecule has 7 nitrogen and oxygen atoms in total. The maximum atomic E-state index is 12.0. The molecule has 2 aliphatic heterocycles. The Morgan fingerprint density at radius 3 is 2.68 bits per heavy atom. The molecule has 1 unspecified atom stereocenters. The third-order valence-corrected chi connectivity index (χ3v) is 5.77. The highest BCUT2D eigenvalue weighted by Crippen LogP contribution is 2.47. The maximum absolute atomic E-state index is 12.0. The fraction of sp³-hybridized carbons (Fsp3) is 0.412. The topological polar surface area (TPSA) is 99.1 Å². The fourth-order valence-corrected chi connectivity index (χ4v) is 4.14. The molecule has 25 heavy (non-hydrogen) atoms. The fourth-order valence-electron chi connectivity index (χ4n) is 2.96. The number of rotatable bonds is 4. The van der Waals surface area contributed by atoms with E-state index in [2.05, 4.69) is 5.32 Å². The predicted octanol–water partition coefficient (Wildman–Crippen LogP) is 2.90. The van der Waals surface area contributed by atoms with Crippen LogP contribution in [-0.2, 0) is 9.53 Å². The number of amides is 2. The Kier molecular flexibility index (Phi) is 5.03. The van der Waals surface area contributed by atoms with Gasteiger partial charge in [0.15, 0.2) is 0 Å². The molecule has 1 aromatic carbocycles. The molecule has 2 heterocycles. The number of carbonyl (C=O) groups is 2. The van der Waals surface area contributed by atoms with Crippen LogP contribution >= 0.6 is 10.6 Å². The number of hydrogen-bond donors (Lipinski definition) is 3. The van der Waals surface area contributed by atoms with Crippen LogP contribution in [0.2, 0.25) is 0 Å². The van der Waals surface area contributed by atoms with E-state index in [0.29, 0.717) is 25.3 Å². The molecule has 3 rings (SSSR count). The molecule has 0 aromatic heterocycles. The predicted molar refractivity (Wildman–Crippen MR) is 97.0 cm³/mol. The zero-order valence-electron chi connectivity index (χ0n) is 13.9. The van der Waals surface area contributed by atoms with Crippen LogP contribution in [0.1, 0.15) is 24.8 Å². The molecule has 0 radical (unpaired) electrons. The van der Waals surface area contributed by atoms with Crippen LogP contribution in [0.25, 0.3) is 0 Å². The molecule has 0 spiro atoms. The molecule has 1 aromatic rings. The number of ether oxygens (including phenoxy) is 1. The van der Waals surface area contributed by atoms with Crippen molar-refractivity contribution in [3.8, 4) is 0 Å². The van der Waals surface area contributed by atoms with Crippen molar-refractivity contribution in [3.05, 3.63) is 41.3 Å². The lowest BCUT2D eigenvalue weighted by atomic mass is 9.96. The summed E-state index contributed by atoms with van der Waals surface area (Å²) in [6.45, 7) is 2.11. The van der Waals surface area contributed by atoms with Gasteiger partial charge in [-0.25, -0.2) is 4.79 Å². The van der Waals surface area contributed by atoms with Crippen molar-refractivity contribution in [2.24, 2.45) is 0 Å². The number of nitrogens with zero attached hydrogens (tertiary/aromatic N) is 1.